The van der Waals surface area contributed by atoms with Crippen molar-refractivity contribution in [1.29, 1.82) is 0 Å². The number of carboxylic acids is 2. The van der Waals surface area contributed by atoms with Gasteiger partial charge < -0.3 is 10.2 Å². The highest BCUT2D eigenvalue weighted by atomic mass is 35.5. The number of hydrogen-bond donors (Lipinski definition) is 2. The molecular weight excluding hydrogens is 299 g/mol. The van der Waals surface area contributed by atoms with Crippen molar-refractivity contribution >= 4 is 35.1 Å². The van der Waals surface area contributed by atoms with E-state index in [1.54, 1.807) is 0 Å². The summed E-state index contributed by atoms with van der Waals surface area (Å²) in [6, 6.07) is -1.33. The molecule has 0 aliphatic carbocycles. The number of rotatable bonds is 2. The molecular formula is C10H8Cl2N2O5. The van der Waals surface area contributed by atoms with Crippen molar-refractivity contribution < 1.29 is 19.8 Å². The standard InChI is InChI=1S/C10H8Cl2N2O5/c1-10(9(18)19)2-3(8(16)17)14-4(10)5(11)13-6(12)7(14)15/h3H,2H2,1H3,(H,16,17)(H,18,19)/t3-,10+/m0/s1. The summed E-state index contributed by atoms with van der Waals surface area (Å²) < 4.78 is 0.800. The van der Waals surface area contributed by atoms with Crippen LogP contribution in [0.25, 0.3) is 0 Å². The Morgan fingerprint density at radius 3 is 2.42 bits per heavy atom. The molecule has 2 heterocycles. The smallest absolute Gasteiger partial charge is 0.326 e. The van der Waals surface area contributed by atoms with Crippen molar-refractivity contribution in [2.24, 2.45) is 0 Å². The monoisotopic (exact) mass is 306 g/mol. The van der Waals surface area contributed by atoms with E-state index in [1.807, 2.05) is 0 Å². The summed E-state index contributed by atoms with van der Waals surface area (Å²) in [5.74, 6) is -2.61. The summed E-state index contributed by atoms with van der Waals surface area (Å²) >= 11 is 11.4. The Labute approximate surface area is 116 Å². The third-order valence-electron chi connectivity index (χ3n) is 3.22. The van der Waals surface area contributed by atoms with Crippen molar-refractivity contribution in [1.82, 2.24) is 9.55 Å². The first-order valence-electron chi connectivity index (χ1n) is 5.14. The predicted molar refractivity (Wildman–Crippen MR) is 64.8 cm³/mol. The molecule has 0 saturated heterocycles. The fourth-order valence-electron chi connectivity index (χ4n) is 2.24. The number of halogens is 2. The van der Waals surface area contributed by atoms with Crippen molar-refractivity contribution in [2.75, 3.05) is 0 Å². The molecule has 1 aromatic heterocycles. The fourth-order valence-corrected chi connectivity index (χ4v) is 2.84. The molecule has 0 aromatic carbocycles. The topological polar surface area (TPSA) is 109 Å². The number of aliphatic carboxylic acids is 2. The van der Waals surface area contributed by atoms with Gasteiger partial charge in [0, 0.05) is 6.42 Å². The molecule has 1 aromatic rings. The Morgan fingerprint density at radius 2 is 1.95 bits per heavy atom. The van der Waals surface area contributed by atoms with Gasteiger partial charge in [-0.1, -0.05) is 23.2 Å². The van der Waals surface area contributed by atoms with E-state index in [0.29, 0.717) is 0 Å². The van der Waals surface area contributed by atoms with E-state index in [2.05, 4.69) is 4.98 Å². The van der Waals surface area contributed by atoms with Gasteiger partial charge in [0.15, 0.2) is 10.3 Å². The average Bonchev–Trinajstić information content (AvgIpc) is 2.62. The molecule has 0 saturated carbocycles. The van der Waals surface area contributed by atoms with Crippen molar-refractivity contribution in [2.45, 2.75) is 24.8 Å². The fraction of sp³-hybridized carbons (Fsp3) is 0.400. The molecule has 2 N–H and O–H groups in total. The predicted octanol–water partition coefficient (Wildman–Crippen LogP) is 0.922. The zero-order chi connectivity index (χ0) is 14.5. The van der Waals surface area contributed by atoms with Crippen LogP contribution in [-0.4, -0.2) is 31.7 Å². The molecule has 102 valence electrons. The second-order valence-corrected chi connectivity index (χ2v) is 5.13. The van der Waals surface area contributed by atoms with Gasteiger partial charge in [-0.15, -0.1) is 0 Å². The quantitative estimate of drug-likeness (QED) is 0.841. The second kappa shape index (κ2) is 4.21. The maximum absolute atomic E-state index is 11.9. The zero-order valence-electron chi connectivity index (χ0n) is 9.55. The van der Waals surface area contributed by atoms with Gasteiger partial charge in [-0.25, -0.2) is 9.78 Å². The number of carboxylic acid groups (broad SMARTS) is 2. The third-order valence-corrected chi connectivity index (χ3v) is 3.73. The molecule has 9 heteroatoms. The molecule has 1 aliphatic rings. The molecule has 2 rings (SSSR count). The molecule has 19 heavy (non-hydrogen) atoms. The molecule has 0 bridgehead atoms. The summed E-state index contributed by atoms with van der Waals surface area (Å²) in [6.45, 7) is 1.30. The number of hydrogen-bond acceptors (Lipinski definition) is 4. The Morgan fingerprint density at radius 1 is 1.37 bits per heavy atom. The number of carbonyl (C=O) groups is 2. The van der Waals surface area contributed by atoms with E-state index in [9.17, 15) is 19.5 Å². The summed E-state index contributed by atoms with van der Waals surface area (Å²) in [7, 11) is 0. The summed E-state index contributed by atoms with van der Waals surface area (Å²) in [6.07, 6.45) is -0.297. The van der Waals surface area contributed by atoms with Crippen LogP contribution in [0.5, 0.6) is 0 Å². The Bertz CT molecular complexity index is 656. The number of fused-ring (bicyclic) bond motifs is 1. The first kappa shape index (κ1) is 13.8. The van der Waals surface area contributed by atoms with E-state index in [4.69, 9.17) is 28.3 Å². The van der Waals surface area contributed by atoms with Gasteiger partial charge in [0.1, 0.15) is 11.5 Å². The van der Waals surface area contributed by atoms with Crippen LogP contribution >= 0.6 is 23.2 Å². The van der Waals surface area contributed by atoms with Crippen LogP contribution < -0.4 is 5.56 Å². The van der Waals surface area contributed by atoms with Gasteiger partial charge >= 0.3 is 11.9 Å². The first-order valence-corrected chi connectivity index (χ1v) is 5.90. The lowest BCUT2D eigenvalue weighted by molar-refractivity contribution is -0.144. The Balaban J connectivity index is 2.87. The lowest BCUT2D eigenvalue weighted by Crippen LogP contribution is -2.33. The van der Waals surface area contributed by atoms with E-state index in [0.717, 1.165) is 4.57 Å². The van der Waals surface area contributed by atoms with Gasteiger partial charge in [0.2, 0.25) is 0 Å². The molecule has 0 amide bonds. The SMILES string of the molecule is C[C@@]1(C(=O)O)C[C@@H](C(=O)O)n2c1c(Cl)nc(Cl)c2=O. The summed E-state index contributed by atoms with van der Waals surface area (Å²) in [5.41, 5.74) is -2.60. The Hall–Kier alpha value is -1.60. The zero-order valence-corrected chi connectivity index (χ0v) is 11.1. The first-order chi connectivity index (χ1) is 8.70. The lowest BCUT2D eigenvalue weighted by atomic mass is 9.84. The van der Waals surface area contributed by atoms with Crippen LogP contribution in [0.2, 0.25) is 10.3 Å². The highest BCUT2D eigenvalue weighted by Gasteiger charge is 2.51. The van der Waals surface area contributed by atoms with Crippen LogP contribution in [0, 0.1) is 0 Å². The van der Waals surface area contributed by atoms with Gasteiger partial charge in [0.25, 0.3) is 5.56 Å². The van der Waals surface area contributed by atoms with Crippen molar-refractivity contribution in [3.05, 3.63) is 26.4 Å². The molecule has 1 aliphatic heterocycles. The van der Waals surface area contributed by atoms with Crippen LogP contribution in [0.4, 0.5) is 0 Å². The third kappa shape index (κ3) is 1.81. The minimum Gasteiger partial charge on any atom is -0.481 e. The van der Waals surface area contributed by atoms with E-state index in [1.165, 1.54) is 6.92 Å². The number of aromatic nitrogens is 2. The van der Waals surface area contributed by atoms with Gasteiger partial charge in [-0.3, -0.25) is 14.2 Å². The van der Waals surface area contributed by atoms with Gasteiger partial charge in [0.05, 0.1) is 5.69 Å². The van der Waals surface area contributed by atoms with Crippen LogP contribution in [0.15, 0.2) is 4.79 Å². The van der Waals surface area contributed by atoms with Crippen LogP contribution in [0.1, 0.15) is 25.1 Å². The number of nitrogens with zero attached hydrogens (tertiary/aromatic N) is 2. The highest BCUT2D eigenvalue weighted by molar-refractivity contribution is 6.33. The maximum Gasteiger partial charge on any atom is 0.326 e. The van der Waals surface area contributed by atoms with E-state index >= 15 is 0 Å². The largest absolute Gasteiger partial charge is 0.481 e. The minimum atomic E-state index is -1.60. The molecule has 2 atom stereocenters. The summed E-state index contributed by atoms with van der Waals surface area (Å²) in [5, 5.41) is 17.6. The second-order valence-electron chi connectivity index (χ2n) is 4.41. The van der Waals surface area contributed by atoms with Gasteiger partial charge in [-0.05, 0) is 6.92 Å². The van der Waals surface area contributed by atoms with Crippen LogP contribution in [-0.2, 0) is 15.0 Å². The molecule has 0 spiro atoms. The normalized spacial score (nSPS) is 25.1. The molecule has 0 radical (unpaired) electrons. The van der Waals surface area contributed by atoms with Crippen molar-refractivity contribution in [3.63, 3.8) is 0 Å². The Kier molecular flexibility index (Phi) is 3.06. The average molecular weight is 307 g/mol. The van der Waals surface area contributed by atoms with Gasteiger partial charge in [-0.2, -0.15) is 0 Å². The molecule has 7 nitrogen and oxygen atoms in total. The van der Waals surface area contributed by atoms with Crippen molar-refractivity contribution in [3.8, 4) is 0 Å². The maximum atomic E-state index is 11.9. The van der Waals surface area contributed by atoms with E-state index < -0.39 is 34.1 Å². The van der Waals surface area contributed by atoms with E-state index in [-0.39, 0.29) is 17.3 Å². The highest BCUT2D eigenvalue weighted by Crippen LogP contribution is 2.43. The molecule has 0 unspecified atom stereocenters. The minimum absolute atomic E-state index is 0.136. The molecule has 0 fully saturated rings. The lowest BCUT2D eigenvalue weighted by Gasteiger charge is -2.18. The summed E-state index contributed by atoms with van der Waals surface area (Å²) in [4.78, 5) is 38.0. The van der Waals surface area contributed by atoms with Crippen LogP contribution in [0.3, 0.4) is 0 Å².